The van der Waals surface area contributed by atoms with Gasteiger partial charge in [-0.1, -0.05) is 60.7 Å². The molecule has 3 aromatic rings. The Hall–Kier alpha value is -3.38. The molecule has 166 valence electrons. The Bertz CT molecular complexity index is 1040. The van der Waals surface area contributed by atoms with Crippen molar-refractivity contribution < 1.29 is 9.59 Å². The fourth-order valence-corrected chi connectivity index (χ4v) is 4.15. The maximum absolute atomic E-state index is 12.3. The summed E-state index contributed by atoms with van der Waals surface area (Å²) in [6.07, 6.45) is 0.264. The van der Waals surface area contributed by atoms with E-state index >= 15 is 0 Å². The van der Waals surface area contributed by atoms with Crippen LogP contribution < -0.4 is 15.5 Å². The van der Waals surface area contributed by atoms with E-state index in [0.717, 1.165) is 49.1 Å². The van der Waals surface area contributed by atoms with Crippen molar-refractivity contribution in [3.63, 3.8) is 0 Å². The summed E-state index contributed by atoms with van der Waals surface area (Å²) in [7, 11) is 0. The molecule has 1 fully saturated rings. The number of nitrogens with zero attached hydrogens (tertiary/aromatic N) is 2. The van der Waals surface area contributed by atoms with Gasteiger partial charge in [-0.2, -0.15) is 0 Å². The molecule has 0 bridgehead atoms. The van der Waals surface area contributed by atoms with E-state index in [0.29, 0.717) is 6.54 Å². The molecule has 0 aromatic heterocycles. The van der Waals surface area contributed by atoms with Crippen LogP contribution in [0.25, 0.3) is 10.8 Å². The quantitative estimate of drug-likeness (QED) is 0.576. The largest absolute Gasteiger partial charge is 0.369 e. The highest BCUT2D eigenvalue weighted by Crippen LogP contribution is 2.19. The van der Waals surface area contributed by atoms with Crippen LogP contribution in [0.1, 0.15) is 5.56 Å². The van der Waals surface area contributed by atoms with Crippen molar-refractivity contribution in [2.45, 2.75) is 6.42 Å². The first-order valence-corrected chi connectivity index (χ1v) is 11.2. The molecule has 0 spiro atoms. The zero-order valence-corrected chi connectivity index (χ0v) is 18.3. The van der Waals surface area contributed by atoms with Gasteiger partial charge in [-0.3, -0.25) is 14.5 Å². The van der Waals surface area contributed by atoms with E-state index in [4.69, 9.17) is 0 Å². The number of nitrogens with one attached hydrogen (secondary N) is 2. The van der Waals surface area contributed by atoms with Crippen molar-refractivity contribution >= 4 is 28.3 Å². The van der Waals surface area contributed by atoms with Gasteiger partial charge in [0, 0.05) is 45.0 Å². The van der Waals surface area contributed by atoms with Gasteiger partial charge >= 0.3 is 0 Å². The van der Waals surface area contributed by atoms with E-state index in [1.54, 1.807) is 0 Å². The lowest BCUT2D eigenvalue weighted by molar-refractivity contribution is -0.125. The standard InChI is InChI=1S/C26H30N4O2/c31-25(19-22-9-6-8-21-7-4-5-12-24(21)22)28-20-26(32)27-13-14-29-15-17-30(18-16-29)23-10-2-1-3-11-23/h1-12H,13-20H2,(H,27,32)(H,28,31). The summed E-state index contributed by atoms with van der Waals surface area (Å²) in [5.41, 5.74) is 2.23. The first kappa shape index (κ1) is 21.8. The van der Waals surface area contributed by atoms with Gasteiger partial charge in [-0.25, -0.2) is 0 Å². The van der Waals surface area contributed by atoms with Crippen molar-refractivity contribution in [3.05, 3.63) is 78.4 Å². The third kappa shape index (κ3) is 5.86. The summed E-state index contributed by atoms with van der Waals surface area (Å²) in [6, 6.07) is 24.4. The average molecular weight is 431 g/mol. The van der Waals surface area contributed by atoms with Crippen LogP contribution in [0.3, 0.4) is 0 Å². The van der Waals surface area contributed by atoms with Gasteiger partial charge in [0.1, 0.15) is 0 Å². The second-order valence-corrected chi connectivity index (χ2v) is 8.11. The van der Waals surface area contributed by atoms with Crippen LogP contribution in [0.15, 0.2) is 72.8 Å². The highest BCUT2D eigenvalue weighted by atomic mass is 16.2. The topological polar surface area (TPSA) is 64.7 Å². The Morgan fingerprint density at radius 1 is 0.750 bits per heavy atom. The Kier molecular flexibility index (Phi) is 7.35. The van der Waals surface area contributed by atoms with Crippen LogP contribution >= 0.6 is 0 Å². The summed E-state index contributed by atoms with van der Waals surface area (Å²) < 4.78 is 0. The Morgan fingerprint density at radius 2 is 1.47 bits per heavy atom. The smallest absolute Gasteiger partial charge is 0.239 e. The summed E-state index contributed by atoms with van der Waals surface area (Å²) in [4.78, 5) is 29.2. The molecule has 6 heteroatoms. The SMILES string of the molecule is O=C(CNC(=O)Cc1cccc2ccccc12)NCCN1CCN(c2ccccc2)CC1. The second-order valence-electron chi connectivity index (χ2n) is 8.11. The van der Waals surface area contributed by atoms with Crippen molar-refractivity contribution in [2.24, 2.45) is 0 Å². The molecule has 0 saturated carbocycles. The van der Waals surface area contributed by atoms with Crippen LogP contribution in [0, 0.1) is 0 Å². The third-order valence-corrected chi connectivity index (χ3v) is 5.92. The number of piperazine rings is 1. The molecule has 4 rings (SSSR count). The van der Waals surface area contributed by atoms with E-state index < -0.39 is 0 Å². The Balaban J connectivity index is 1.13. The van der Waals surface area contributed by atoms with Gasteiger partial charge in [-0.15, -0.1) is 0 Å². The highest BCUT2D eigenvalue weighted by Gasteiger charge is 2.17. The highest BCUT2D eigenvalue weighted by molar-refractivity contribution is 5.91. The number of benzene rings is 3. The Labute approximate surface area is 189 Å². The number of amides is 2. The van der Waals surface area contributed by atoms with E-state index in [9.17, 15) is 9.59 Å². The predicted octanol–water partition coefficient (Wildman–Crippen LogP) is 2.44. The predicted molar refractivity (Wildman–Crippen MR) is 129 cm³/mol. The molecule has 0 unspecified atom stereocenters. The number of anilines is 1. The first-order chi connectivity index (χ1) is 15.7. The van der Waals surface area contributed by atoms with Crippen LogP contribution in [-0.2, 0) is 16.0 Å². The van der Waals surface area contributed by atoms with Gasteiger partial charge in [0.05, 0.1) is 13.0 Å². The molecular formula is C26H30N4O2. The van der Waals surface area contributed by atoms with Gasteiger partial charge in [0.25, 0.3) is 0 Å². The molecule has 1 heterocycles. The molecule has 2 N–H and O–H groups in total. The zero-order chi connectivity index (χ0) is 22.2. The number of rotatable bonds is 8. The molecule has 0 atom stereocenters. The first-order valence-electron chi connectivity index (χ1n) is 11.2. The minimum Gasteiger partial charge on any atom is -0.369 e. The van der Waals surface area contributed by atoms with Crippen molar-refractivity contribution in [1.82, 2.24) is 15.5 Å². The Morgan fingerprint density at radius 3 is 2.28 bits per heavy atom. The molecule has 0 radical (unpaired) electrons. The maximum Gasteiger partial charge on any atom is 0.239 e. The molecule has 32 heavy (non-hydrogen) atoms. The summed E-state index contributed by atoms with van der Waals surface area (Å²) in [6.45, 7) is 5.34. The lowest BCUT2D eigenvalue weighted by Gasteiger charge is -2.36. The maximum atomic E-state index is 12.3. The number of carbonyl (C=O) groups excluding carboxylic acids is 2. The second kappa shape index (κ2) is 10.8. The number of para-hydroxylation sites is 1. The van der Waals surface area contributed by atoms with E-state index in [-0.39, 0.29) is 24.8 Å². The molecule has 0 aliphatic carbocycles. The van der Waals surface area contributed by atoms with E-state index in [1.807, 2.05) is 48.5 Å². The fraction of sp³-hybridized carbons (Fsp3) is 0.308. The summed E-state index contributed by atoms with van der Waals surface area (Å²) >= 11 is 0. The normalized spacial score (nSPS) is 14.3. The number of hydrogen-bond acceptors (Lipinski definition) is 4. The minimum absolute atomic E-state index is 0.00534. The van der Waals surface area contributed by atoms with Crippen molar-refractivity contribution in [1.29, 1.82) is 0 Å². The van der Waals surface area contributed by atoms with E-state index in [2.05, 4.69) is 44.7 Å². The minimum atomic E-state index is -0.154. The third-order valence-electron chi connectivity index (χ3n) is 5.92. The van der Waals surface area contributed by atoms with Crippen molar-refractivity contribution in [2.75, 3.05) is 50.7 Å². The van der Waals surface area contributed by atoms with E-state index in [1.165, 1.54) is 5.69 Å². The van der Waals surface area contributed by atoms with Crippen LogP contribution in [-0.4, -0.2) is 62.5 Å². The van der Waals surface area contributed by atoms with Gasteiger partial charge < -0.3 is 15.5 Å². The molecule has 3 aromatic carbocycles. The summed E-state index contributed by atoms with van der Waals surface area (Å²) in [5.74, 6) is -0.298. The van der Waals surface area contributed by atoms with Crippen LogP contribution in [0.2, 0.25) is 0 Å². The molecule has 1 aliphatic rings. The molecule has 1 aliphatic heterocycles. The number of carbonyl (C=O) groups is 2. The summed E-state index contributed by atoms with van der Waals surface area (Å²) in [5, 5.41) is 7.83. The van der Waals surface area contributed by atoms with Crippen molar-refractivity contribution in [3.8, 4) is 0 Å². The number of fused-ring (bicyclic) bond motifs is 1. The average Bonchev–Trinajstić information content (AvgIpc) is 2.84. The van der Waals surface area contributed by atoms with Gasteiger partial charge in [0.15, 0.2) is 0 Å². The van der Waals surface area contributed by atoms with Crippen LogP contribution in [0.4, 0.5) is 5.69 Å². The monoisotopic (exact) mass is 430 g/mol. The lowest BCUT2D eigenvalue weighted by atomic mass is 10.0. The lowest BCUT2D eigenvalue weighted by Crippen LogP contribution is -2.49. The van der Waals surface area contributed by atoms with Gasteiger partial charge in [-0.05, 0) is 28.5 Å². The fourth-order valence-electron chi connectivity index (χ4n) is 4.15. The molecule has 2 amide bonds. The molecule has 6 nitrogen and oxygen atoms in total. The number of hydrogen-bond donors (Lipinski definition) is 2. The van der Waals surface area contributed by atoms with Crippen LogP contribution in [0.5, 0.6) is 0 Å². The molecular weight excluding hydrogens is 400 g/mol. The molecule has 1 saturated heterocycles. The zero-order valence-electron chi connectivity index (χ0n) is 18.3. The van der Waals surface area contributed by atoms with Gasteiger partial charge in [0.2, 0.25) is 11.8 Å².